The van der Waals surface area contributed by atoms with Crippen molar-refractivity contribution in [2.24, 2.45) is 7.05 Å². The molecule has 2 rings (SSSR count). The van der Waals surface area contributed by atoms with Gasteiger partial charge in [-0.05, 0) is 25.3 Å². The Balaban J connectivity index is 2.02. The number of rotatable bonds is 9. The number of aromatic nitrogens is 1. The third-order valence-electron chi connectivity index (χ3n) is 3.76. The first-order valence-corrected chi connectivity index (χ1v) is 8.73. The van der Waals surface area contributed by atoms with Gasteiger partial charge in [-0.1, -0.05) is 0 Å². The van der Waals surface area contributed by atoms with Crippen molar-refractivity contribution in [3.05, 3.63) is 18.0 Å². The van der Waals surface area contributed by atoms with Crippen molar-refractivity contribution < 1.29 is 13.2 Å². The third kappa shape index (κ3) is 4.29. The zero-order valence-corrected chi connectivity index (χ0v) is 13.8. The standard InChI is InChI=1S/C14H25N3O3S/c1-16-11-14(9-13(16)10-15-12-5-6-12)21(18,19)17(2)7-4-8-20-3/h9,11-12,15H,4-8,10H2,1-3H3. The van der Waals surface area contributed by atoms with Crippen molar-refractivity contribution in [2.45, 2.75) is 36.7 Å². The van der Waals surface area contributed by atoms with Crippen LogP contribution in [0.1, 0.15) is 25.0 Å². The Morgan fingerprint density at radius 1 is 1.48 bits per heavy atom. The molecular formula is C14H25N3O3S. The molecule has 0 radical (unpaired) electrons. The molecule has 1 saturated carbocycles. The van der Waals surface area contributed by atoms with Crippen molar-refractivity contribution in [3.63, 3.8) is 0 Å². The summed E-state index contributed by atoms with van der Waals surface area (Å²) in [7, 11) is 1.70. The largest absolute Gasteiger partial charge is 0.385 e. The van der Waals surface area contributed by atoms with E-state index in [-0.39, 0.29) is 0 Å². The van der Waals surface area contributed by atoms with Gasteiger partial charge in [-0.25, -0.2) is 12.7 Å². The molecule has 0 saturated heterocycles. The minimum absolute atomic E-state index is 0.359. The van der Waals surface area contributed by atoms with Crippen molar-refractivity contribution >= 4 is 10.0 Å². The van der Waals surface area contributed by atoms with Gasteiger partial charge in [0.1, 0.15) is 4.90 Å². The summed E-state index contributed by atoms with van der Waals surface area (Å²) >= 11 is 0. The van der Waals surface area contributed by atoms with Gasteiger partial charge in [0.15, 0.2) is 0 Å². The van der Waals surface area contributed by atoms with Crippen LogP contribution in [-0.2, 0) is 28.4 Å². The fourth-order valence-electron chi connectivity index (χ4n) is 2.16. The molecule has 21 heavy (non-hydrogen) atoms. The van der Waals surface area contributed by atoms with Gasteiger partial charge in [-0.2, -0.15) is 0 Å². The van der Waals surface area contributed by atoms with Crippen LogP contribution in [-0.4, -0.2) is 50.6 Å². The van der Waals surface area contributed by atoms with Crippen molar-refractivity contribution in [2.75, 3.05) is 27.3 Å². The van der Waals surface area contributed by atoms with Crippen molar-refractivity contribution in [1.29, 1.82) is 0 Å². The topological polar surface area (TPSA) is 63.6 Å². The molecule has 120 valence electrons. The number of sulfonamides is 1. The summed E-state index contributed by atoms with van der Waals surface area (Å²) < 4.78 is 33.2. The predicted molar refractivity (Wildman–Crippen MR) is 81.6 cm³/mol. The number of nitrogens with one attached hydrogen (secondary N) is 1. The van der Waals surface area contributed by atoms with E-state index >= 15 is 0 Å². The van der Waals surface area contributed by atoms with Gasteiger partial charge in [0, 0.05) is 58.8 Å². The zero-order valence-electron chi connectivity index (χ0n) is 13.0. The lowest BCUT2D eigenvalue weighted by Gasteiger charge is -2.15. The van der Waals surface area contributed by atoms with Gasteiger partial charge in [0.05, 0.1) is 0 Å². The first kappa shape index (κ1) is 16.5. The van der Waals surface area contributed by atoms with Crippen LogP contribution in [0.4, 0.5) is 0 Å². The lowest BCUT2D eigenvalue weighted by atomic mass is 10.4. The van der Waals surface area contributed by atoms with Crippen LogP contribution in [0.2, 0.25) is 0 Å². The quantitative estimate of drug-likeness (QED) is 0.689. The number of nitrogens with zero attached hydrogens (tertiary/aromatic N) is 2. The molecule has 0 unspecified atom stereocenters. The lowest BCUT2D eigenvalue weighted by Crippen LogP contribution is -2.28. The number of hydrogen-bond donors (Lipinski definition) is 1. The highest BCUT2D eigenvalue weighted by molar-refractivity contribution is 7.89. The maximum atomic E-state index is 12.5. The second-order valence-corrected chi connectivity index (χ2v) is 7.65. The van der Waals surface area contributed by atoms with E-state index < -0.39 is 10.0 Å². The average Bonchev–Trinajstić information content (AvgIpc) is 3.19. The Hall–Kier alpha value is -0.890. The maximum Gasteiger partial charge on any atom is 0.244 e. The summed E-state index contributed by atoms with van der Waals surface area (Å²) in [5.41, 5.74) is 0.991. The summed E-state index contributed by atoms with van der Waals surface area (Å²) in [6.07, 6.45) is 4.82. The monoisotopic (exact) mass is 315 g/mol. The molecule has 0 atom stereocenters. The maximum absolute atomic E-state index is 12.5. The summed E-state index contributed by atoms with van der Waals surface area (Å²) in [5, 5.41) is 3.40. The van der Waals surface area contributed by atoms with E-state index in [0.29, 0.717) is 37.1 Å². The molecule has 1 aliphatic rings. The van der Waals surface area contributed by atoms with Crippen LogP contribution in [0.25, 0.3) is 0 Å². The van der Waals surface area contributed by atoms with Crippen LogP contribution < -0.4 is 5.32 Å². The molecule has 1 heterocycles. The van der Waals surface area contributed by atoms with Crippen LogP contribution in [0.15, 0.2) is 17.2 Å². The van der Waals surface area contributed by atoms with Gasteiger partial charge in [0.2, 0.25) is 10.0 Å². The minimum atomic E-state index is -3.41. The van der Waals surface area contributed by atoms with Gasteiger partial charge in [0.25, 0.3) is 0 Å². The Morgan fingerprint density at radius 2 is 2.19 bits per heavy atom. The number of hydrogen-bond acceptors (Lipinski definition) is 4. The average molecular weight is 315 g/mol. The highest BCUT2D eigenvalue weighted by Crippen LogP contribution is 2.21. The molecule has 0 aliphatic heterocycles. The van der Waals surface area contributed by atoms with E-state index in [0.717, 1.165) is 5.69 Å². The Kier molecular flexibility index (Phi) is 5.43. The molecule has 1 fully saturated rings. The summed E-state index contributed by atoms with van der Waals surface area (Å²) in [5.74, 6) is 0. The molecular weight excluding hydrogens is 290 g/mol. The van der Waals surface area contributed by atoms with Crippen LogP contribution in [0, 0.1) is 0 Å². The molecule has 1 N–H and O–H groups in total. The summed E-state index contributed by atoms with van der Waals surface area (Å²) in [6.45, 7) is 1.73. The van der Waals surface area contributed by atoms with E-state index in [9.17, 15) is 8.42 Å². The molecule has 6 nitrogen and oxygen atoms in total. The minimum Gasteiger partial charge on any atom is -0.385 e. The predicted octanol–water partition coefficient (Wildman–Crippen LogP) is 0.934. The number of ether oxygens (including phenoxy) is 1. The Morgan fingerprint density at radius 3 is 2.81 bits per heavy atom. The normalized spacial score (nSPS) is 15.8. The first-order chi connectivity index (χ1) is 9.95. The highest BCUT2D eigenvalue weighted by atomic mass is 32.2. The molecule has 1 aromatic rings. The summed E-state index contributed by atoms with van der Waals surface area (Å²) in [4.78, 5) is 0.359. The molecule has 0 amide bonds. The smallest absolute Gasteiger partial charge is 0.244 e. The zero-order chi connectivity index (χ0) is 15.5. The van der Waals surface area contributed by atoms with Gasteiger partial charge >= 0.3 is 0 Å². The fraction of sp³-hybridized carbons (Fsp3) is 0.714. The highest BCUT2D eigenvalue weighted by Gasteiger charge is 2.24. The van der Waals surface area contributed by atoms with Crippen LogP contribution in [0.3, 0.4) is 0 Å². The second-order valence-electron chi connectivity index (χ2n) is 5.61. The second kappa shape index (κ2) is 6.91. The van der Waals surface area contributed by atoms with E-state index in [1.165, 1.54) is 17.1 Å². The van der Waals surface area contributed by atoms with E-state index in [4.69, 9.17) is 4.74 Å². The molecule has 1 aliphatic carbocycles. The lowest BCUT2D eigenvalue weighted by molar-refractivity contribution is 0.189. The molecule has 1 aromatic heterocycles. The van der Waals surface area contributed by atoms with E-state index in [1.54, 1.807) is 26.4 Å². The van der Waals surface area contributed by atoms with Gasteiger partial charge in [-0.3, -0.25) is 0 Å². The molecule has 0 bridgehead atoms. The van der Waals surface area contributed by atoms with Gasteiger partial charge < -0.3 is 14.6 Å². The Labute approximate surface area is 127 Å². The van der Waals surface area contributed by atoms with E-state index in [2.05, 4.69) is 5.32 Å². The summed E-state index contributed by atoms with van der Waals surface area (Å²) in [6, 6.07) is 2.37. The van der Waals surface area contributed by atoms with Crippen LogP contribution >= 0.6 is 0 Å². The Bertz CT molecular complexity index is 564. The molecule has 7 heteroatoms. The number of methoxy groups -OCH3 is 1. The fourth-order valence-corrected chi connectivity index (χ4v) is 3.47. The molecule has 0 aromatic carbocycles. The van der Waals surface area contributed by atoms with Crippen LogP contribution in [0.5, 0.6) is 0 Å². The number of aryl methyl sites for hydroxylation is 1. The van der Waals surface area contributed by atoms with E-state index in [1.807, 2.05) is 11.6 Å². The van der Waals surface area contributed by atoms with Crippen molar-refractivity contribution in [1.82, 2.24) is 14.2 Å². The van der Waals surface area contributed by atoms with Crippen molar-refractivity contribution in [3.8, 4) is 0 Å². The SMILES string of the molecule is COCCCN(C)S(=O)(=O)c1cc(CNC2CC2)n(C)c1. The third-order valence-corrected chi connectivity index (χ3v) is 5.58. The first-order valence-electron chi connectivity index (χ1n) is 7.29. The van der Waals surface area contributed by atoms with Gasteiger partial charge in [-0.15, -0.1) is 0 Å². The molecule has 0 spiro atoms.